The fourth-order valence-electron chi connectivity index (χ4n) is 3.46. The van der Waals surface area contributed by atoms with Crippen LogP contribution in [0.15, 0.2) is 41.5 Å². The Kier molecular flexibility index (Phi) is 4.55. The van der Waals surface area contributed by atoms with Crippen molar-refractivity contribution >= 4 is 39.9 Å². The summed E-state index contributed by atoms with van der Waals surface area (Å²) in [6.07, 6.45) is 5.79. The summed E-state index contributed by atoms with van der Waals surface area (Å²) in [5, 5.41) is 0.987. The number of carbonyl (C=O) groups is 1. The third kappa shape index (κ3) is 3.15. The minimum absolute atomic E-state index is 0.0648. The van der Waals surface area contributed by atoms with Crippen molar-refractivity contribution in [3.8, 4) is 0 Å². The van der Waals surface area contributed by atoms with Crippen molar-refractivity contribution in [1.29, 1.82) is 0 Å². The van der Waals surface area contributed by atoms with Gasteiger partial charge in [-0.25, -0.2) is 4.98 Å². The number of hydrogen-bond donors (Lipinski definition) is 0. The van der Waals surface area contributed by atoms with Gasteiger partial charge in [0.15, 0.2) is 5.78 Å². The molecular weight excluding hydrogens is 371 g/mol. The van der Waals surface area contributed by atoms with E-state index in [-0.39, 0.29) is 17.9 Å². The van der Waals surface area contributed by atoms with Crippen LogP contribution in [0.3, 0.4) is 0 Å². The first-order valence-corrected chi connectivity index (χ1v) is 9.28. The van der Waals surface area contributed by atoms with Crippen LogP contribution in [0.2, 0.25) is 10.0 Å². The molecule has 0 aliphatic heterocycles. The number of carbonyl (C=O) groups excluding carboxylic acids is 1. The van der Waals surface area contributed by atoms with E-state index < -0.39 is 0 Å². The molecule has 0 saturated carbocycles. The van der Waals surface area contributed by atoms with Gasteiger partial charge >= 0.3 is 0 Å². The van der Waals surface area contributed by atoms with Crippen molar-refractivity contribution in [2.24, 2.45) is 0 Å². The number of aromatic nitrogens is 2. The van der Waals surface area contributed by atoms with Crippen LogP contribution < -0.4 is 5.56 Å². The lowest BCUT2D eigenvalue weighted by molar-refractivity contribution is 0.0970. The molecule has 0 saturated heterocycles. The highest BCUT2D eigenvalue weighted by Gasteiger charge is 2.15. The van der Waals surface area contributed by atoms with Gasteiger partial charge in [-0.1, -0.05) is 35.3 Å². The van der Waals surface area contributed by atoms with E-state index >= 15 is 0 Å². The number of aryl methyl sites for hydroxylation is 2. The monoisotopic (exact) mass is 386 g/mol. The molecule has 4 rings (SSSR count). The maximum Gasteiger partial charge on any atom is 0.261 e. The summed E-state index contributed by atoms with van der Waals surface area (Å²) < 4.78 is 1.30. The molecule has 2 aromatic carbocycles. The smallest absolute Gasteiger partial charge is 0.261 e. The van der Waals surface area contributed by atoms with Crippen LogP contribution in [0.4, 0.5) is 0 Å². The normalized spacial score (nSPS) is 13.6. The van der Waals surface area contributed by atoms with E-state index in [0.717, 1.165) is 19.3 Å². The van der Waals surface area contributed by atoms with E-state index in [1.165, 1.54) is 34.5 Å². The number of benzene rings is 2. The summed E-state index contributed by atoms with van der Waals surface area (Å²) in [5.41, 5.74) is 3.25. The lowest BCUT2D eigenvalue weighted by atomic mass is 9.90. The van der Waals surface area contributed by atoms with Crippen molar-refractivity contribution in [2.45, 2.75) is 32.2 Å². The lowest BCUT2D eigenvalue weighted by Crippen LogP contribution is -2.25. The summed E-state index contributed by atoms with van der Waals surface area (Å²) in [6, 6.07) is 8.91. The summed E-state index contributed by atoms with van der Waals surface area (Å²) in [6.45, 7) is -0.0648. The lowest BCUT2D eigenvalue weighted by Gasteiger charge is -2.16. The van der Waals surface area contributed by atoms with Crippen LogP contribution in [-0.2, 0) is 19.4 Å². The van der Waals surface area contributed by atoms with Gasteiger partial charge in [0.1, 0.15) is 0 Å². The molecule has 1 heterocycles. The topological polar surface area (TPSA) is 52.0 Å². The van der Waals surface area contributed by atoms with Gasteiger partial charge in [0.05, 0.1) is 28.8 Å². The minimum Gasteiger partial charge on any atom is -0.292 e. The molecule has 1 aliphatic rings. The van der Waals surface area contributed by atoms with E-state index in [4.69, 9.17) is 23.2 Å². The van der Waals surface area contributed by atoms with Crippen LogP contribution in [0, 0.1) is 0 Å². The Morgan fingerprint density at radius 3 is 2.65 bits per heavy atom. The number of fused-ring (bicyclic) bond motifs is 2. The van der Waals surface area contributed by atoms with Crippen LogP contribution in [0.25, 0.3) is 10.9 Å². The molecule has 1 aromatic heterocycles. The SMILES string of the molecule is O=C(Cn1cnc2c(Cl)cc(Cl)cc2c1=O)c1ccc2c(c1)CCCC2. The van der Waals surface area contributed by atoms with Crippen LogP contribution in [0.5, 0.6) is 0 Å². The van der Waals surface area contributed by atoms with E-state index in [1.807, 2.05) is 18.2 Å². The van der Waals surface area contributed by atoms with Gasteiger partial charge in [-0.15, -0.1) is 0 Å². The number of Topliss-reactive ketones (excluding diaryl/α,β-unsaturated/α-hetero) is 1. The molecule has 0 bridgehead atoms. The minimum atomic E-state index is -0.328. The summed E-state index contributed by atoms with van der Waals surface area (Å²) in [7, 11) is 0. The molecule has 4 nitrogen and oxygen atoms in total. The third-order valence-corrected chi connectivity index (χ3v) is 5.34. The zero-order chi connectivity index (χ0) is 18.3. The molecule has 0 unspecified atom stereocenters. The second kappa shape index (κ2) is 6.86. The Hall–Kier alpha value is -2.17. The Morgan fingerprint density at radius 2 is 1.85 bits per heavy atom. The summed E-state index contributed by atoms with van der Waals surface area (Å²) in [5.74, 6) is -0.116. The van der Waals surface area contributed by atoms with Crippen LogP contribution >= 0.6 is 23.2 Å². The first-order valence-electron chi connectivity index (χ1n) is 8.52. The Morgan fingerprint density at radius 1 is 1.08 bits per heavy atom. The maximum absolute atomic E-state index is 12.7. The highest BCUT2D eigenvalue weighted by molar-refractivity contribution is 6.38. The summed E-state index contributed by atoms with van der Waals surface area (Å²) >= 11 is 12.1. The Labute approximate surface area is 160 Å². The van der Waals surface area contributed by atoms with Gasteiger partial charge in [0.2, 0.25) is 0 Å². The Bertz CT molecular complexity index is 1090. The highest BCUT2D eigenvalue weighted by Crippen LogP contribution is 2.24. The molecule has 3 aromatic rings. The van der Waals surface area contributed by atoms with Gasteiger partial charge in [0.25, 0.3) is 5.56 Å². The first kappa shape index (κ1) is 17.3. The molecule has 0 N–H and O–H groups in total. The van der Waals surface area contributed by atoms with Gasteiger partial charge in [-0.05, 0) is 55.0 Å². The van der Waals surface area contributed by atoms with Crippen molar-refractivity contribution in [1.82, 2.24) is 9.55 Å². The van der Waals surface area contributed by atoms with Gasteiger partial charge in [-0.3, -0.25) is 14.2 Å². The standard InChI is InChI=1S/C20H16Cl2N2O2/c21-15-8-16-19(17(22)9-15)23-11-24(20(16)26)10-18(25)14-6-5-12-3-1-2-4-13(12)7-14/h5-9,11H,1-4,10H2. The average Bonchev–Trinajstić information content (AvgIpc) is 2.64. The summed E-state index contributed by atoms with van der Waals surface area (Å²) in [4.78, 5) is 29.6. The quantitative estimate of drug-likeness (QED) is 0.624. The van der Waals surface area contributed by atoms with Gasteiger partial charge in [-0.2, -0.15) is 0 Å². The van der Waals surface area contributed by atoms with Crippen molar-refractivity contribution in [3.63, 3.8) is 0 Å². The number of ketones is 1. The Balaban J connectivity index is 1.68. The largest absolute Gasteiger partial charge is 0.292 e. The van der Waals surface area contributed by atoms with Crippen molar-refractivity contribution < 1.29 is 4.79 Å². The van der Waals surface area contributed by atoms with Crippen LogP contribution in [-0.4, -0.2) is 15.3 Å². The molecule has 0 atom stereocenters. The molecule has 0 amide bonds. The second-order valence-corrected chi connectivity index (χ2v) is 7.42. The number of hydrogen-bond acceptors (Lipinski definition) is 3. The predicted molar refractivity (Wildman–Crippen MR) is 103 cm³/mol. The zero-order valence-electron chi connectivity index (χ0n) is 14.0. The predicted octanol–water partition coefficient (Wildman–Crippen LogP) is 4.47. The fourth-order valence-corrected chi connectivity index (χ4v) is 4.00. The van der Waals surface area contributed by atoms with Crippen molar-refractivity contribution in [2.75, 3.05) is 0 Å². The molecule has 1 aliphatic carbocycles. The number of rotatable bonds is 3. The van der Waals surface area contributed by atoms with E-state index in [0.29, 0.717) is 26.5 Å². The average molecular weight is 387 g/mol. The molecule has 0 fully saturated rings. The van der Waals surface area contributed by atoms with E-state index in [1.54, 1.807) is 6.07 Å². The zero-order valence-corrected chi connectivity index (χ0v) is 15.5. The van der Waals surface area contributed by atoms with Gasteiger partial charge in [0, 0.05) is 10.6 Å². The molecule has 0 radical (unpaired) electrons. The maximum atomic E-state index is 12.7. The second-order valence-electron chi connectivity index (χ2n) is 6.58. The fraction of sp³-hybridized carbons (Fsp3) is 0.250. The third-order valence-electron chi connectivity index (χ3n) is 4.83. The highest BCUT2D eigenvalue weighted by atomic mass is 35.5. The number of nitrogens with zero attached hydrogens (tertiary/aromatic N) is 2. The first-order chi connectivity index (χ1) is 12.5. The van der Waals surface area contributed by atoms with E-state index in [9.17, 15) is 9.59 Å². The molecule has 0 spiro atoms. The molecule has 6 heteroatoms. The van der Waals surface area contributed by atoms with E-state index in [2.05, 4.69) is 4.98 Å². The molecule has 26 heavy (non-hydrogen) atoms. The molecular formula is C20H16Cl2N2O2. The van der Waals surface area contributed by atoms with Gasteiger partial charge < -0.3 is 0 Å². The van der Waals surface area contributed by atoms with Crippen LogP contribution in [0.1, 0.15) is 34.3 Å². The van der Waals surface area contributed by atoms with Crippen molar-refractivity contribution in [3.05, 3.63) is 73.7 Å². The molecule has 132 valence electrons. The number of halogens is 2.